The monoisotopic (exact) mass is 301 g/mol. The molecule has 0 amide bonds. The Kier molecular flexibility index (Phi) is 4.79. The molecule has 2 unspecified atom stereocenters. The summed E-state index contributed by atoms with van der Waals surface area (Å²) in [6, 6.07) is -0.0560. The highest BCUT2D eigenvalue weighted by molar-refractivity contribution is 7.88. The van der Waals surface area contributed by atoms with Crippen molar-refractivity contribution in [3.63, 3.8) is 0 Å². The number of nitrogens with two attached hydrogens (primary N) is 1. The molecular weight excluding hydrogens is 278 g/mol. The summed E-state index contributed by atoms with van der Waals surface area (Å²) in [7, 11) is -1.18. The van der Waals surface area contributed by atoms with Crippen LogP contribution in [0.2, 0.25) is 0 Å². The third-order valence-electron chi connectivity index (χ3n) is 3.89. The van der Waals surface area contributed by atoms with Gasteiger partial charge < -0.3 is 4.57 Å². The Labute approximate surface area is 120 Å². The number of nitrogens with zero attached hydrogens (tertiary/aromatic N) is 3. The molecule has 2 rings (SSSR count). The highest BCUT2D eigenvalue weighted by Crippen LogP contribution is 2.27. The largest absolute Gasteiger partial charge is 0.337 e. The van der Waals surface area contributed by atoms with Gasteiger partial charge in [-0.1, -0.05) is 0 Å². The summed E-state index contributed by atoms with van der Waals surface area (Å²) in [5.74, 6) is 6.82. The molecule has 3 N–H and O–H groups in total. The van der Waals surface area contributed by atoms with Crippen molar-refractivity contribution in [2.75, 3.05) is 19.3 Å². The van der Waals surface area contributed by atoms with E-state index in [0.717, 1.165) is 25.1 Å². The molecule has 1 aromatic heterocycles. The van der Waals surface area contributed by atoms with Gasteiger partial charge in [0, 0.05) is 32.5 Å². The predicted molar refractivity (Wildman–Crippen MR) is 77.0 cm³/mol. The van der Waals surface area contributed by atoms with Crippen molar-refractivity contribution in [2.45, 2.75) is 25.3 Å². The Hall–Kier alpha value is -0.960. The van der Waals surface area contributed by atoms with Gasteiger partial charge in [-0.05, 0) is 25.2 Å². The van der Waals surface area contributed by atoms with Crippen LogP contribution >= 0.6 is 0 Å². The molecule has 0 bridgehead atoms. The van der Waals surface area contributed by atoms with Crippen molar-refractivity contribution < 1.29 is 8.42 Å². The zero-order valence-electron chi connectivity index (χ0n) is 12.0. The van der Waals surface area contributed by atoms with Crippen LogP contribution in [0.15, 0.2) is 12.4 Å². The van der Waals surface area contributed by atoms with Gasteiger partial charge in [0.15, 0.2) is 0 Å². The van der Waals surface area contributed by atoms with Crippen LogP contribution in [0.5, 0.6) is 0 Å². The number of nitrogens with one attached hydrogen (secondary N) is 1. The quantitative estimate of drug-likeness (QED) is 0.589. The molecule has 1 aliphatic heterocycles. The minimum absolute atomic E-state index is 0.0560. The fraction of sp³-hybridized carbons (Fsp3) is 0.750. The van der Waals surface area contributed by atoms with Gasteiger partial charge >= 0.3 is 0 Å². The van der Waals surface area contributed by atoms with Crippen LogP contribution in [0.25, 0.3) is 0 Å². The molecule has 8 heteroatoms. The zero-order valence-corrected chi connectivity index (χ0v) is 12.8. The molecule has 20 heavy (non-hydrogen) atoms. The van der Waals surface area contributed by atoms with Crippen LogP contribution < -0.4 is 11.3 Å². The maximum atomic E-state index is 11.6. The molecule has 7 nitrogen and oxygen atoms in total. The lowest BCUT2D eigenvalue weighted by molar-refractivity contribution is 0.235. The second kappa shape index (κ2) is 6.21. The van der Waals surface area contributed by atoms with Gasteiger partial charge in [0.1, 0.15) is 5.82 Å². The first-order chi connectivity index (χ1) is 9.41. The van der Waals surface area contributed by atoms with Gasteiger partial charge in [0.25, 0.3) is 0 Å². The minimum atomic E-state index is -3.10. The number of aromatic nitrogens is 2. The van der Waals surface area contributed by atoms with Crippen LogP contribution in [-0.4, -0.2) is 41.6 Å². The maximum absolute atomic E-state index is 11.6. The highest BCUT2D eigenvalue weighted by Gasteiger charge is 2.28. The van der Waals surface area contributed by atoms with E-state index in [0.29, 0.717) is 19.0 Å². The molecule has 1 aromatic rings. The van der Waals surface area contributed by atoms with Gasteiger partial charge in [-0.2, -0.15) is 0 Å². The van der Waals surface area contributed by atoms with Crippen LogP contribution in [-0.2, 0) is 17.1 Å². The average Bonchev–Trinajstić information content (AvgIpc) is 2.81. The summed E-state index contributed by atoms with van der Waals surface area (Å²) >= 11 is 0. The van der Waals surface area contributed by atoms with Crippen molar-refractivity contribution in [2.24, 2.45) is 18.8 Å². The second-order valence-corrected chi connectivity index (χ2v) is 7.46. The van der Waals surface area contributed by atoms with Gasteiger partial charge in [-0.15, -0.1) is 0 Å². The van der Waals surface area contributed by atoms with E-state index in [2.05, 4.69) is 10.4 Å². The second-order valence-electron chi connectivity index (χ2n) is 5.48. The Morgan fingerprint density at radius 1 is 1.60 bits per heavy atom. The standard InChI is InChI=1S/C12H23N5O2S/c1-16-7-5-14-12(16)11(15-13)8-10-4-3-6-17(9-10)20(2,18)19/h5,7,10-11,15H,3-4,6,8-9,13H2,1-2H3. The molecule has 0 aliphatic carbocycles. The summed E-state index contributed by atoms with van der Waals surface area (Å²) < 4.78 is 26.8. The molecule has 1 aliphatic rings. The van der Waals surface area contributed by atoms with Gasteiger partial charge in [0.2, 0.25) is 10.0 Å². The van der Waals surface area contributed by atoms with E-state index in [1.54, 1.807) is 10.5 Å². The first-order valence-corrected chi connectivity index (χ1v) is 8.65. The van der Waals surface area contributed by atoms with Crippen LogP contribution in [0.3, 0.4) is 0 Å². The van der Waals surface area contributed by atoms with Crippen molar-refractivity contribution in [1.82, 2.24) is 19.3 Å². The fourth-order valence-electron chi connectivity index (χ4n) is 2.81. The lowest BCUT2D eigenvalue weighted by Crippen LogP contribution is -2.41. The van der Waals surface area contributed by atoms with E-state index in [4.69, 9.17) is 5.84 Å². The van der Waals surface area contributed by atoms with Crippen molar-refractivity contribution in [3.05, 3.63) is 18.2 Å². The van der Waals surface area contributed by atoms with Crippen molar-refractivity contribution >= 4 is 10.0 Å². The number of hydrogen-bond donors (Lipinski definition) is 2. The van der Waals surface area contributed by atoms with E-state index >= 15 is 0 Å². The lowest BCUT2D eigenvalue weighted by atomic mass is 9.92. The smallest absolute Gasteiger partial charge is 0.211 e. The van der Waals surface area contributed by atoms with E-state index < -0.39 is 10.0 Å². The summed E-state index contributed by atoms with van der Waals surface area (Å²) in [6.07, 6.45) is 7.59. The molecule has 0 saturated carbocycles. The van der Waals surface area contributed by atoms with E-state index in [1.165, 1.54) is 6.26 Å². The topological polar surface area (TPSA) is 93.2 Å². The summed E-state index contributed by atoms with van der Waals surface area (Å²) in [4.78, 5) is 4.31. The Morgan fingerprint density at radius 2 is 2.35 bits per heavy atom. The number of sulfonamides is 1. The number of imidazole rings is 1. The summed E-state index contributed by atoms with van der Waals surface area (Å²) in [5, 5.41) is 0. The molecule has 2 atom stereocenters. The van der Waals surface area contributed by atoms with Crippen molar-refractivity contribution in [3.8, 4) is 0 Å². The zero-order chi connectivity index (χ0) is 14.8. The molecule has 1 saturated heterocycles. The molecule has 2 heterocycles. The molecular formula is C12H23N5O2S. The SMILES string of the molecule is Cn1ccnc1C(CC1CCCN(S(C)(=O)=O)C1)NN. The van der Waals surface area contributed by atoms with Crippen molar-refractivity contribution in [1.29, 1.82) is 0 Å². The first kappa shape index (κ1) is 15.4. The third kappa shape index (κ3) is 3.57. The number of piperidine rings is 1. The molecule has 1 fully saturated rings. The number of rotatable bonds is 5. The highest BCUT2D eigenvalue weighted by atomic mass is 32.2. The predicted octanol–water partition coefficient (Wildman–Crippen LogP) is -0.0138. The van der Waals surface area contributed by atoms with Crippen LogP contribution in [0, 0.1) is 5.92 Å². The molecule has 114 valence electrons. The molecule has 0 spiro atoms. The molecule has 0 radical (unpaired) electrons. The summed E-state index contributed by atoms with van der Waals surface area (Å²) in [6.45, 7) is 1.19. The van der Waals surface area contributed by atoms with Gasteiger partial charge in [-0.25, -0.2) is 23.1 Å². The normalized spacial score (nSPS) is 22.9. The van der Waals surface area contributed by atoms with E-state index in [9.17, 15) is 8.42 Å². The van der Waals surface area contributed by atoms with Crippen LogP contribution in [0.1, 0.15) is 31.1 Å². The number of hydrazine groups is 1. The minimum Gasteiger partial charge on any atom is -0.337 e. The number of aryl methyl sites for hydroxylation is 1. The third-order valence-corrected chi connectivity index (χ3v) is 5.16. The van der Waals surface area contributed by atoms with E-state index in [-0.39, 0.29) is 6.04 Å². The Balaban J connectivity index is 2.03. The van der Waals surface area contributed by atoms with Gasteiger partial charge in [-0.3, -0.25) is 5.84 Å². The molecule has 0 aromatic carbocycles. The summed E-state index contributed by atoms with van der Waals surface area (Å²) in [5.41, 5.74) is 2.79. The fourth-order valence-corrected chi connectivity index (χ4v) is 3.76. The average molecular weight is 301 g/mol. The number of hydrogen-bond acceptors (Lipinski definition) is 5. The van der Waals surface area contributed by atoms with Gasteiger partial charge in [0.05, 0.1) is 12.3 Å². The Morgan fingerprint density at radius 3 is 2.90 bits per heavy atom. The Bertz CT molecular complexity index is 542. The lowest BCUT2D eigenvalue weighted by Gasteiger charge is -2.32. The van der Waals surface area contributed by atoms with E-state index in [1.807, 2.05) is 17.8 Å². The maximum Gasteiger partial charge on any atom is 0.211 e. The van der Waals surface area contributed by atoms with Crippen LogP contribution in [0.4, 0.5) is 0 Å². The first-order valence-electron chi connectivity index (χ1n) is 6.80.